The van der Waals surface area contributed by atoms with Gasteiger partial charge in [-0.1, -0.05) is 22.0 Å². The lowest BCUT2D eigenvalue weighted by molar-refractivity contribution is 0.597. The van der Waals surface area contributed by atoms with E-state index in [9.17, 15) is 8.42 Å². The van der Waals surface area contributed by atoms with E-state index in [0.717, 1.165) is 10.0 Å². The second-order valence-corrected chi connectivity index (χ2v) is 4.87. The van der Waals surface area contributed by atoms with Gasteiger partial charge < -0.3 is 0 Å². The van der Waals surface area contributed by atoms with Gasteiger partial charge in [0.25, 0.3) is 0 Å². The Kier molecular flexibility index (Phi) is 2.55. The molecule has 0 aliphatic carbocycles. The van der Waals surface area contributed by atoms with Gasteiger partial charge in [-0.15, -0.1) is 0 Å². The first-order valence-electron chi connectivity index (χ1n) is 3.20. The first-order chi connectivity index (χ1) is 5.41. The zero-order valence-electron chi connectivity index (χ0n) is 6.41. The first-order valence-corrected chi connectivity index (χ1v) is 5.54. The summed E-state index contributed by atoms with van der Waals surface area (Å²) in [5, 5.41) is 4.93. The smallest absolute Gasteiger partial charge is 0.225 e. The van der Waals surface area contributed by atoms with Gasteiger partial charge in [-0.25, -0.2) is 13.6 Å². The number of hydrogen-bond acceptors (Lipinski definition) is 2. The van der Waals surface area contributed by atoms with E-state index < -0.39 is 10.0 Å². The zero-order valence-corrected chi connectivity index (χ0v) is 8.81. The van der Waals surface area contributed by atoms with Gasteiger partial charge in [0.15, 0.2) is 0 Å². The molecule has 0 atom stereocenters. The van der Waals surface area contributed by atoms with Crippen LogP contribution in [0.25, 0.3) is 0 Å². The molecule has 0 aliphatic heterocycles. The molecule has 1 aromatic rings. The molecular weight excluding hydrogens is 242 g/mol. The van der Waals surface area contributed by atoms with Crippen LogP contribution in [0.4, 0.5) is 0 Å². The molecule has 0 unspecified atom stereocenters. The van der Waals surface area contributed by atoms with Gasteiger partial charge in [0, 0.05) is 4.47 Å². The Morgan fingerprint density at radius 1 is 1.42 bits per heavy atom. The lowest BCUT2D eigenvalue weighted by atomic mass is 10.2. The molecular formula is C7H8BrNO2S. The maximum Gasteiger partial charge on any atom is 0.238 e. The summed E-state index contributed by atoms with van der Waals surface area (Å²) in [5.41, 5.74) is 0.974. The minimum Gasteiger partial charge on any atom is -0.225 e. The fourth-order valence-corrected chi connectivity index (χ4v) is 1.82. The van der Waals surface area contributed by atoms with Gasteiger partial charge in [-0.05, 0) is 24.6 Å². The summed E-state index contributed by atoms with van der Waals surface area (Å²) in [5.74, 6) is 0. The summed E-state index contributed by atoms with van der Waals surface area (Å²) in [6, 6.07) is 4.67. The molecule has 0 amide bonds. The summed E-state index contributed by atoms with van der Waals surface area (Å²) in [6.07, 6.45) is 0. The molecule has 1 rings (SSSR count). The van der Waals surface area contributed by atoms with E-state index in [4.69, 9.17) is 5.14 Å². The highest BCUT2D eigenvalue weighted by atomic mass is 79.9. The van der Waals surface area contributed by atoms with E-state index in [2.05, 4.69) is 15.9 Å². The molecule has 0 fully saturated rings. The molecule has 0 saturated heterocycles. The molecule has 0 radical (unpaired) electrons. The predicted molar refractivity (Wildman–Crippen MR) is 50.3 cm³/mol. The van der Waals surface area contributed by atoms with Crippen LogP contribution in [-0.4, -0.2) is 8.42 Å². The standard InChI is InChI=1S/C7H8BrNO2S/c1-5-2-3-6(4-7(5)8)12(9,10)11/h2-4H,1H3,(H2,9,10,11). The summed E-state index contributed by atoms with van der Waals surface area (Å²) in [7, 11) is -3.57. The number of nitrogens with two attached hydrogens (primary N) is 1. The number of aryl methyl sites for hydroxylation is 1. The molecule has 3 nitrogen and oxygen atoms in total. The summed E-state index contributed by atoms with van der Waals surface area (Å²) in [4.78, 5) is 0.125. The predicted octanol–water partition coefficient (Wildman–Crippen LogP) is 1.40. The maximum absolute atomic E-state index is 10.9. The lowest BCUT2D eigenvalue weighted by Gasteiger charge is -2.00. The van der Waals surface area contributed by atoms with Gasteiger partial charge in [-0.3, -0.25) is 0 Å². The fourth-order valence-electron chi connectivity index (χ4n) is 0.751. The van der Waals surface area contributed by atoms with Gasteiger partial charge in [-0.2, -0.15) is 0 Å². The Bertz CT molecular complexity index is 400. The van der Waals surface area contributed by atoms with E-state index in [0.29, 0.717) is 0 Å². The third kappa shape index (κ3) is 2.06. The quantitative estimate of drug-likeness (QED) is 0.819. The normalized spacial score (nSPS) is 11.6. The lowest BCUT2D eigenvalue weighted by Crippen LogP contribution is -2.11. The molecule has 0 saturated carbocycles. The maximum atomic E-state index is 10.9. The Balaban J connectivity index is 3.33. The second-order valence-electron chi connectivity index (χ2n) is 2.46. The minimum atomic E-state index is -3.57. The monoisotopic (exact) mass is 249 g/mol. The number of halogens is 1. The highest BCUT2D eigenvalue weighted by molar-refractivity contribution is 9.10. The van der Waals surface area contributed by atoms with Crippen LogP contribution in [0.3, 0.4) is 0 Å². The molecule has 0 bridgehead atoms. The molecule has 1 aromatic carbocycles. The molecule has 0 heterocycles. The van der Waals surface area contributed by atoms with Crippen molar-refractivity contribution in [3.63, 3.8) is 0 Å². The largest absolute Gasteiger partial charge is 0.238 e. The second kappa shape index (κ2) is 3.16. The average molecular weight is 250 g/mol. The Hall–Kier alpha value is -0.390. The molecule has 2 N–H and O–H groups in total. The van der Waals surface area contributed by atoms with Crippen molar-refractivity contribution < 1.29 is 8.42 Å². The van der Waals surface area contributed by atoms with E-state index in [-0.39, 0.29) is 4.90 Å². The van der Waals surface area contributed by atoms with Gasteiger partial charge >= 0.3 is 0 Å². The summed E-state index contributed by atoms with van der Waals surface area (Å²) in [6.45, 7) is 1.87. The molecule has 0 aromatic heterocycles. The topological polar surface area (TPSA) is 60.2 Å². The van der Waals surface area contributed by atoms with Crippen molar-refractivity contribution in [2.45, 2.75) is 11.8 Å². The van der Waals surface area contributed by atoms with Gasteiger partial charge in [0.05, 0.1) is 4.90 Å². The van der Waals surface area contributed by atoms with Crippen molar-refractivity contribution >= 4 is 26.0 Å². The van der Waals surface area contributed by atoms with Gasteiger partial charge in [0.2, 0.25) is 10.0 Å². The van der Waals surface area contributed by atoms with Crippen molar-refractivity contribution in [2.75, 3.05) is 0 Å². The van der Waals surface area contributed by atoms with Crippen LogP contribution in [0.1, 0.15) is 5.56 Å². The molecule has 5 heteroatoms. The Morgan fingerprint density at radius 2 is 2.00 bits per heavy atom. The van der Waals surface area contributed by atoms with Crippen LogP contribution in [0.2, 0.25) is 0 Å². The van der Waals surface area contributed by atoms with Crippen LogP contribution in [-0.2, 0) is 10.0 Å². The molecule has 12 heavy (non-hydrogen) atoms. The van der Waals surface area contributed by atoms with Crippen LogP contribution < -0.4 is 5.14 Å². The van der Waals surface area contributed by atoms with Crippen LogP contribution >= 0.6 is 15.9 Å². The van der Waals surface area contributed by atoms with Crippen LogP contribution in [0.5, 0.6) is 0 Å². The third-order valence-electron chi connectivity index (χ3n) is 1.47. The van der Waals surface area contributed by atoms with Gasteiger partial charge in [0.1, 0.15) is 0 Å². The Labute approximate surface area is 79.8 Å². The number of primary sulfonamides is 1. The highest BCUT2D eigenvalue weighted by Crippen LogP contribution is 2.19. The van der Waals surface area contributed by atoms with Crippen molar-refractivity contribution in [3.05, 3.63) is 28.2 Å². The van der Waals surface area contributed by atoms with E-state index in [1.807, 2.05) is 6.92 Å². The van der Waals surface area contributed by atoms with Crippen molar-refractivity contribution in [2.24, 2.45) is 5.14 Å². The zero-order chi connectivity index (χ0) is 9.35. The number of benzene rings is 1. The van der Waals surface area contributed by atoms with Crippen molar-refractivity contribution in [3.8, 4) is 0 Å². The van der Waals surface area contributed by atoms with E-state index >= 15 is 0 Å². The minimum absolute atomic E-state index is 0.125. The molecule has 0 spiro atoms. The number of rotatable bonds is 1. The van der Waals surface area contributed by atoms with E-state index in [1.54, 1.807) is 6.07 Å². The van der Waals surface area contributed by atoms with E-state index in [1.165, 1.54) is 12.1 Å². The molecule has 0 aliphatic rings. The summed E-state index contributed by atoms with van der Waals surface area (Å²) >= 11 is 3.22. The van der Waals surface area contributed by atoms with Crippen molar-refractivity contribution in [1.29, 1.82) is 0 Å². The fraction of sp³-hybridized carbons (Fsp3) is 0.143. The van der Waals surface area contributed by atoms with Crippen LogP contribution in [0, 0.1) is 6.92 Å². The summed E-state index contributed by atoms with van der Waals surface area (Å²) < 4.78 is 22.5. The molecule has 66 valence electrons. The van der Waals surface area contributed by atoms with Crippen LogP contribution in [0.15, 0.2) is 27.6 Å². The number of sulfonamides is 1. The first kappa shape index (κ1) is 9.70. The number of hydrogen-bond donors (Lipinski definition) is 1. The van der Waals surface area contributed by atoms with Crippen molar-refractivity contribution in [1.82, 2.24) is 0 Å². The SMILES string of the molecule is Cc1ccc(S(N)(=O)=O)cc1Br. The third-order valence-corrected chi connectivity index (χ3v) is 3.24. The average Bonchev–Trinajstić information content (AvgIpc) is 1.92. The Morgan fingerprint density at radius 3 is 2.42 bits per heavy atom. The highest BCUT2D eigenvalue weighted by Gasteiger charge is 2.07.